The monoisotopic (exact) mass is 327 g/mol. The average molecular weight is 327 g/mol. The highest BCUT2D eigenvalue weighted by molar-refractivity contribution is 5.97. The fourth-order valence-electron chi connectivity index (χ4n) is 2.99. The molecule has 3 rings (SSSR count). The van der Waals surface area contributed by atoms with Gasteiger partial charge in [0.15, 0.2) is 0 Å². The highest BCUT2D eigenvalue weighted by atomic mass is 19.3. The Morgan fingerprint density at radius 3 is 2.67 bits per heavy atom. The number of carbonyl (C=O) groups excluding carboxylic acids is 1. The number of amides is 1. The van der Waals surface area contributed by atoms with E-state index in [0.717, 1.165) is 29.5 Å². The molecule has 124 valence electrons. The number of carbonyl (C=O) groups is 1. The normalized spacial score (nSPS) is 13.9. The standard InChI is InChI=1S/C20H19F2NO/c1-14-10-11-18-15(12-14)6-5-7-16(18)13-20(21,22)19(24)23-17-8-3-2-4-9-17/h2-4,7-12H,5-6,13H2,1H3,(H,23,24). The van der Waals surface area contributed by atoms with Gasteiger partial charge in [-0.1, -0.05) is 48.0 Å². The van der Waals surface area contributed by atoms with Gasteiger partial charge in [0.2, 0.25) is 0 Å². The zero-order valence-corrected chi connectivity index (χ0v) is 13.5. The maximum atomic E-state index is 14.4. The first kappa shape index (κ1) is 16.4. The third-order valence-corrected chi connectivity index (χ3v) is 4.19. The summed E-state index contributed by atoms with van der Waals surface area (Å²) in [6, 6.07) is 14.1. The third kappa shape index (κ3) is 3.53. The Hall–Kier alpha value is -2.49. The second kappa shape index (κ2) is 6.56. The summed E-state index contributed by atoms with van der Waals surface area (Å²) in [5, 5.41) is 2.29. The molecule has 0 aromatic heterocycles. The maximum absolute atomic E-state index is 14.4. The Bertz CT molecular complexity index is 781. The van der Waals surface area contributed by atoms with Crippen LogP contribution in [0.1, 0.15) is 29.5 Å². The molecular formula is C20H19F2NO. The van der Waals surface area contributed by atoms with Crippen molar-refractivity contribution in [3.8, 4) is 0 Å². The number of aryl methyl sites for hydroxylation is 2. The Morgan fingerprint density at radius 1 is 1.17 bits per heavy atom. The minimum Gasteiger partial charge on any atom is -0.321 e. The van der Waals surface area contributed by atoms with Crippen molar-refractivity contribution in [2.24, 2.45) is 0 Å². The first-order chi connectivity index (χ1) is 11.5. The number of alkyl halides is 2. The molecule has 0 saturated heterocycles. The zero-order valence-electron chi connectivity index (χ0n) is 13.5. The lowest BCUT2D eigenvalue weighted by atomic mass is 9.86. The maximum Gasteiger partial charge on any atom is 0.328 e. The van der Waals surface area contributed by atoms with Crippen molar-refractivity contribution >= 4 is 17.2 Å². The van der Waals surface area contributed by atoms with E-state index in [2.05, 4.69) is 5.32 Å². The van der Waals surface area contributed by atoms with E-state index < -0.39 is 18.3 Å². The molecule has 0 heterocycles. The van der Waals surface area contributed by atoms with Crippen molar-refractivity contribution in [3.05, 3.63) is 71.3 Å². The Morgan fingerprint density at radius 2 is 1.92 bits per heavy atom. The van der Waals surface area contributed by atoms with Crippen LogP contribution in [0, 0.1) is 6.92 Å². The largest absolute Gasteiger partial charge is 0.328 e. The Kier molecular flexibility index (Phi) is 4.47. The van der Waals surface area contributed by atoms with Crippen molar-refractivity contribution in [1.82, 2.24) is 0 Å². The van der Waals surface area contributed by atoms with Crippen LogP contribution in [0.3, 0.4) is 0 Å². The molecular weight excluding hydrogens is 308 g/mol. The lowest BCUT2D eigenvalue weighted by Crippen LogP contribution is -2.35. The van der Waals surface area contributed by atoms with Crippen molar-refractivity contribution in [1.29, 1.82) is 0 Å². The van der Waals surface area contributed by atoms with Crippen LogP contribution in [-0.4, -0.2) is 11.8 Å². The van der Waals surface area contributed by atoms with Gasteiger partial charge in [0, 0.05) is 12.1 Å². The summed E-state index contributed by atoms with van der Waals surface area (Å²) in [5.74, 6) is -4.73. The van der Waals surface area contributed by atoms with E-state index in [1.807, 2.05) is 31.2 Å². The van der Waals surface area contributed by atoms with Crippen LogP contribution in [-0.2, 0) is 11.2 Å². The van der Waals surface area contributed by atoms with Gasteiger partial charge in [0.25, 0.3) is 5.91 Å². The molecule has 0 atom stereocenters. The summed E-state index contributed by atoms with van der Waals surface area (Å²) in [5.41, 5.74) is 3.94. The first-order valence-corrected chi connectivity index (χ1v) is 7.99. The van der Waals surface area contributed by atoms with Crippen LogP contribution < -0.4 is 5.32 Å². The molecule has 0 radical (unpaired) electrons. The average Bonchev–Trinajstić information content (AvgIpc) is 2.55. The molecule has 0 spiro atoms. The minimum absolute atomic E-state index is 0.371. The van der Waals surface area contributed by atoms with Crippen molar-refractivity contribution < 1.29 is 13.6 Å². The molecule has 1 aliphatic rings. The number of rotatable bonds is 4. The van der Waals surface area contributed by atoms with Gasteiger partial charge < -0.3 is 5.32 Å². The van der Waals surface area contributed by atoms with Gasteiger partial charge in [-0.3, -0.25) is 4.79 Å². The lowest BCUT2D eigenvalue weighted by Gasteiger charge is -2.22. The molecule has 0 saturated carbocycles. The van der Waals surface area contributed by atoms with Crippen LogP contribution in [0.15, 0.2) is 54.6 Å². The zero-order chi connectivity index (χ0) is 17.2. The molecule has 0 fully saturated rings. The van der Waals surface area contributed by atoms with Crippen LogP contribution in [0.4, 0.5) is 14.5 Å². The highest BCUT2D eigenvalue weighted by Gasteiger charge is 2.40. The predicted molar refractivity (Wildman–Crippen MR) is 92.1 cm³/mol. The van der Waals surface area contributed by atoms with Crippen LogP contribution in [0.5, 0.6) is 0 Å². The SMILES string of the molecule is Cc1ccc2c(c1)CCC=C2CC(F)(F)C(=O)Nc1ccccc1. The number of allylic oxidation sites excluding steroid dienone is 2. The van der Waals surface area contributed by atoms with E-state index in [4.69, 9.17) is 0 Å². The van der Waals surface area contributed by atoms with Crippen molar-refractivity contribution in [2.45, 2.75) is 32.1 Å². The van der Waals surface area contributed by atoms with Crippen LogP contribution in [0.25, 0.3) is 5.57 Å². The van der Waals surface area contributed by atoms with Crippen LogP contribution in [0.2, 0.25) is 0 Å². The topological polar surface area (TPSA) is 29.1 Å². The van der Waals surface area contributed by atoms with Gasteiger partial charge in [-0.2, -0.15) is 8.78 Å². The van der Waals surface area contributed by atoms with Gasteiger partial charge in [-0.15, -0.1) is 0 Å². The molecule has 2 aromatic rings. The molecule has 1 N–H and O–H groups in total. The summed E-state index contributed by atoms with van der Waals surface area (Å²) >= 11 is 0. The highest BCUT2D eigenvalue weighted by Crippen LogP contribution is 2.35. The van der Waals surface area contributed by atoms with E-state index in [1.165, 1.54) is 0 Å². The summed E-state index contributed by atoms with van der Waals surface area (Å²) in [6.07, 6.45) is 2.81. The molecule has 4 heteroatoms. The Labute approximate surface area is 140 Å². The summed E-state index contributed by atoms with van der Waals surface area (Å²) in [4.78, 5) is 12.0. The summed E-state index contributed by atoms with van der Waals surface area (Å²) in [7, 11) is 0. The quantitative estimate of drug-likeness (QED) is 0.842. The third-order valence-electron chi connectivity index (χ3n) is 4.19. The number of hydrogen-bond acceptors (Lipinski definition) is 1. The van der Waals surface area contributed by atoms with Gasteiger partial charge >= 0.3 is 5.92 Å². The lowest BCUT2D eigenvalue weighted by molar-refractivity contribution is -0.138. The second-order valence-electron chi connectivity index (χ2n) is 6.13. The molecule has 0 unspecified atom stereocenters. The van der Waals surface area contributed by atoms with E-state index in [1.54, 1.807) is 30.3 Å². The first-order valence-electron chi connectivity index (χ1n) is 7.99. The predicted octanol–water partition coefficient (Wildman–Crippen LogP) is 4.99. The minimum atomic E-state index is -3.46. The van der Waals surface area contributed by atoms with Crippen LogP contribution >= 0.6 is 0 Å². The molecule has 24 heavy (non-hydrogen) atoms. The van der Waals surface area contributed by atoms with E-state index in [-0.39, 0.29) is 0 Å². The van der Waals surface area contributed by atoms with E-state index in [9.17, 15) is 13.6 Å². The Balaban J connectivity index is 1.77. The van der Waals surface area contributed by atoms with Gasteiger partial charge in [-0.05, 0) is 48.6 Å². The van der Waals surface area contributed by atoms with Gasteiger partial charge in [0.05, 0.1) is 0 Å². The number of fused-ring (bicyclic) bond motifs is 1. The molecule has 0 bridgehead atoms. The van der Waals surface area contributed by atoms with Gasteiger partial charge in [-0.25, -0.2) is 0 Å². The summed E-state index contributed by atoms with van der Waals surface area (Å²) < 4.78 is 28.8. The summed E-state index contributed by atoms with van der Waals surface area (Å²) in [6.45, 7) is 1.99. The fourth-order valence-corrected chi connectivity index (χ4v) is 2.99. The smallest absolute Gasteiger partial charge is 0.321 e. The fraction of sp³-hybridized carbons (Fsp3) is 0.250. The molecule has 2 aromatic carbocycles. The van der Waals surface area contributed by atoms with Crippen molar-refractivity contribution in [3.63, 3.8) is 0 Å². The number of para-hydroxylation sites is 1. The van der Waals surface area contributed by atoms with Crippen molar-refractivity contribution in [2.75, 3.05) is 5.32 Å². The molecule has 1 aliphatic carbocycles. The number of anilines is 1. The number of nitrogens with one attached hydrogen (secondary N) is 1. The molecule has 0 aliphatic heterocycles. The number of halogens is 2. The number of benzene rings is 2. The molecule has 1 amide bonds. The van der Waals surface area contributed by atoms with E-state index in [0.29, 0.717) is 11.3 Å². The van der Waals surface area contributed by atoms with E-state index >= 15 is 0 Å². The number of hydrogen-bond donors (Lipinski definition) is 1. The molecule has 2 nitrogen and oxygen atoms in total. The second-order valence-corrected chi connectivity index (χ2v) is 6.13. The van der Waals surface area contributed by atoms with Gasteiger partial charge in [0.1, 0.15) is 0 Å².